The zero-order chi connectivity index (χ0) is 8.97. The van der Waals surface area contributed by atoms with Crippen molar-refractivity contribution in [2.75, 3.05) is 14.2 Å². The summed E-state index contributed by atoms with van der Waals surface area (Å²) in [6, 6.07) is 0. The van der Waals surface area contributed by atoms with Crippen LogP contribution < -0.4 is 0 Å². The number of hydrogen-bond acceptors (Lipinski definition) is 2. The van der Waals surface area contributed by atoms with Crippen LogP contribution in [0.25, 0.3) is 0 Å². The Kier molecular flexibility index (Phi) is 3.35. The van der Waals surface area contributed by atoms with E-state index in [1.165, 1.54) is 5.57 Å². The highest BCUT2D eigenvalue weighted by atomic mass is 16.5. The SMILES string of the molecule is CCCC1=C(OC)C=CC1OC. The Hall–Kier alpha value is -0.760. The lowest BCUT2D eigenvalue weighted by molar-refractivity contribution is 0.163. The van der Waals surface area contributed by atoms with Gasteiger partial charge in [0.05, 0.1) is 7.11 Å². The van der Waals surface area contributed by atoms with Crippen molar-refractivity contribution in [3.05, 3.63) is 23.5 Å². The normalized spacial score (nSPS) is 22.1. The van der Waals surface area contributed by atoms with E-state index in [0.29, 0.717) is 0 Å². The molecule has 12 heavy (non-hydrogen) atoms. The Morgan fingerprint density at radius 2 is 2.17 bits per heavy atom. The van der Waals surface area contributed by atoms with Crippen molar-refractivity contribution < 1.29 is 9.47 Å². The molecule has 1 rings (SSSR count). The fourth-order valence-electron chi connectivity index (χ4n) is 1.49. The topological polar surface area (TPSA) is 18.5 Å². The third-order valence-corrected chi connectivity index (χ3v) is 2.08. The van der Waals surface area contributed by atoms with Crippen molar-refractivity contribution in [2.24, 2.45) is 0 Å². The third kappa shape index (κ3) is 1.69. The van der Waals surface area contributed by atoms with E-state index in [1.54, 1.807) is 14.2 Å². The van der Waals surface area contributed by atoms with E-state index in [9.17, 15) is 0 Å². The highest BCUT2D eigenvalue weighted by Gasteiger charge is 2.19. The van der Waals surface area contributed by atoms with E-state index in [-0.39, 0.29) is 6.10 Å². The van der Waals surface area contributed by atoms with Crippen LogP contribution in [0.1, 0.15) is 19.8 Å². The van der Waals surface area contributed by atoms with E-state index in [1.807, 2.05) is 12.2 Å². The minimum Gasteiger partial charge on any atom is -0.497 e. The van der Waals surface area contributed by atoms with Crippen molar-refractivity contribution in [2.45, 2.75) is 25.9 Å². The smallest absolute Gasteiger partial charge is 0.120 e. The molecule has 0 amide bonds. The molecule has 0 saturated carbocycles. The second-order valence-electron chi connectivity index (χ2n) is 2.86. The lowest BCUT2D eigenvalue weighted by Gasteiger charge is -2.12. The minimum atomic E-state index is 0.139. The molecule has 0 aromatic rings. The molecule has 1 aliphatic rings. The molecule has 0 heterocycles. The van der Waals surface area contributed by atoms with E-state index in [0.717, 1.165) is 18.6 Å². The Bertz CT molecular complexity index is 204. The van der Waals surface area contributed by atoms with Gasteiger partial charge >= 0.3 is 0 Å². The van der Waals surface area contributed by atoms with Gasteiger partial charge in [-0.05, 0) is 18.6 Å². The molecule has 0 spiro atoms. The number of allylic oxidation sites excluding steroid dienone is 1. The number of hydrogen-bond donors (Lipinski definition) is 0. The quantitative estimate of drug-likeness (QED) is 0.641. The lowest BCUT2D eigenvalue weighted by atomic mass is 10.1. The average molecular weight is 168 g/mol. The molecule has 0 radical (unpaired) electrons. The second-order valence-corrected chi connectivity index (χ2v) is 2.86. The summed E-state index contributed by atoms with van der Waals surface area (Å²) < 4.78 is 10.5. The molecule has 0 aromatic heterocycles. The molecule has 0 fully saturated rings. The van der Waals surface area contributed by atoms with Gasteiger partial charge in [-0.1, -0.05) is 13.3 Å². The van der Waals surface area contributed by atoms with Gasteiger partial charge in [-0.2, -0.15) is 0 Å². The molecule has 2 nitrogen and oxygen atoms in total. The first-order chi connectivity index (χ1) is 5.83. The third-order valence-electron chi connectivity index (χ3n) is 2.08. The van der Waals surface area contributed by atoms with Gasteiger partial charge < -0.3 is 9.47 Å². The van der Waals surface area contributed by atoms with E-state index < -0.39 is 0 Å². The van der Waals surface area contributed by atoms with Crippen molar-refractivity contribution in [3.63, 3.8) is 0 Å². The summed E-state index contributed by atoms with van der Waals surface area (Å²) in [5.74, 6) is 0.976. The van der Waals surface area contributed by atoms with E-state index >= 15 is 0 Å². The van der Waals surface area contributed by atoms with Gasteiger partial charge in [0.2, 0.25) is 0 Å². The van der Waals surface area contributed by atoms with Crippen LogP contribution in [0.15, 0.2) is 23.5 Å². The Labute approximate surface area is 73.9 Å². The Balaban J connectivity index is 2.72. The van der Waals surface area contributed by atoms with Crippen LogP contribution >= 0.6 is 0 Å². The number of ether oxygens (including phenoxy) is 2. The summed E-state index contributed by atoms with van der Waals surface area (Å²) in [7, 11) is 3.43. The van der Waals surface area contributed by atoms with Gasteiger partial charge in [-0.3, -0.25) is 0 Å². The van der Waals surface area contributed by atoms with Crippen molar-refractivity contribution >= 4 is 0 Å². The van der Waals surface area contributed by atoms with Crippen LogP contribution in [-0.4, -0.2) is 20.3 Å². The highest BCUT2D eigenvalue weighted by Crippen LogP contribution is 2.25. The first kappa shape index (κ1) is 9.33. The molecule has 1 aliphatic carbocycles. The van der Waals surface area contributed by atoms with Gasteiger partial charge in [0, 0.05) is 12.7 Å². The predicted octanol–water partition coefficient (Wildman–Crippen LogP) is 2.27. The number of rotatable bonds is 4. The standard InChI is InChI=1S/C10H16O2/c1-4-5-8-9(11-2)6-7-10(8)12-3/h6-7,9H,4-5H2,1-3H3. The van der Waals surface area contributed by atoms with Gasteiger partial charge in [0.1, 0.15) is 11.9 Å². The summed E-state index contributed by atoms with van der Waals surface area (Å²) in [5.41, 5.74) is 1.27. The molecule has 68 valence electrons. The Morgan fingerprint density at radius 1 is 1.42 bits per heavy atom. The maximum absolute atomic E-state index is 5.28. The molecule has 1 unspecified atom stereocenters. The summed E-state index contributed by atoms with van der Waals surface area (Å²) in [6.07, 6.45) is 6.33. The van der Waals surface area contributed by atoms with Crippen molar-refractivity contribution in [3.8, 4) is 0 Å². The minimum absolute atomic E-state index is 0.139. The molecule has 0 N–H and O–H groups in total. The van der Waals surface area contributed by atoms with Gasteiger partial charge in [-0.15, -0.1) is 0 Å². The van der Waals surface area contributed by atoms with E-state index in [2.05, 4.69) is 6.92 Å². The summed E-state index contributed by atoms with van der Waals surface area (Å²) in [4.78, 5) is 0. The summed E-state index contributed by atoms with van der Waals surface area (Å²) >= 11 is 0. The molecule has 2 heteroatoms. The van der Waals surface area contributed by atoms with Crippen LogP contribution in [0, 0.1) is 0 Å². The Morgan fingerprint density at radius 3 is 2.67 bits per heavy atom. The van der Waals surface area contributed by atoms with Crippen LogP contribution in [0.3, 0.4) is 0 Å². The summed E-state index contributed by atoms with van der Waals surface area (Å²) in [6.45, 7) is 2.16. The molecular weight excluding hydrogens is 152 g/mol. The average Bonchev–Trinajstić information content (AvgIpc) is 2.48. The molecule has 0 aliphatic heterocycles. The maximum atomic E-state index is 5.28. The van der Waals surface area contributed by atoms with Crippen LogP contribution in [0.5, 0.6) is 0 Å². The van der Waals surface area contributed by atoms with Gasteiger partial charge in [0.15, 0.2) is 0 Å². The second kappa shape index (κ2) is 4.31. The zero-order valence-corrected chi connectivity index (χ0v) is 7.96. The largest absolute Gasteiger partial charge is 0.497 e. The predicted molar refractivity (Wildman–Crippen MR) is 48.9 cm³/mol. The molecule has 0 aromatic carbocycles. The van der Waals surface area contributed by atoms with Crippen molar-refractivity contribution in [1.82, 2.24) is 0 Å². The fraction of sp³-hybridized carbons (Fsp3) is 0.600. The van der Waals surface area contributed by atoms with E-state index in [4.69, 9.17) is 9.47 Å². The highest BCUT2D eigenvalue weighted by molar-refractivity contribution is 5.34. The van der Waals surface area contributed by atoms with Crippen molar-refractivity contribution in [1.29, 1.82) is 0 Å². The first-order valence-corrected chi connectivity index (χ1v) is 4.31. The molecule has 1 atom stereocenters. The fourth-order valence-corrected chi connectivity index (χ4v) is 1.49. The molecular formula is C10H16O2. The monoisotopic (exact) mass is 168 g/mol. The first-order valence-electron chi connectivity index (χ1n) is 4.31. The zero-order valence-electron chi connectivity index (χ0n) is 7.96. The van der Waals surface area contributed by atoms with Gasteiger partial charge in [-0.25, -0.2) is 0 Å². The van der Waals surface area contributed by atoms with Crippen LogP contribution in [0.2, 0.25) is 0 Å². The number of methoxy groups -OCH3 is 2. The molecule has 0 bridgehead atoms. The van der Waals surface area contributed by atoms with Crippen LogP contribution in [-0.2, 0) is 9.47 Å². The van der Waals surface area contributed by atoms with Gasteiger partial charge in [0.25, 0.3) is 0 Å². The molecule has 0 saturated heterocycles. The summed E-state index contributed by atoms with van der Waals surface area (Å²) in [5, 5.41) is 0. The van der Waals surface area contributed by atoms with Crippen LogP contribution in [0.4, 0.5) is 0 Å². The maximum Gasteiger partial charge on any atom is 0.120 e. The lowest BCUT2D eigenvalue weighted by Crippen LogP contribution is -2.08.